The molecule has 0 aliphatic carbocycles. The summed E-state index contributed by atoms with van der Waals surface area (Å²) in [6.45, 7) is 3.36. The van der Waals surface area contributed by atoms with Crippen LogP contribution in [-0.4, -0.2) is 38.2 Å². The van der Waals surface area contributed by atoms with Crippen LogP contribution in [0, 0.1) is 16.7 Å². The maximum Gasteiger partial charge on any atom is 0.305 e. The Balaban J connectivity index is 2.30. The minimum absolute atomic E-state index is 0.262. The van der Waals surface area contributed by atoms with Crippen molar-refractivity contribution in [3.8, 4) is 6.07 Å². The van der Waals surface area contributed by atoms with E-state index < -0.39 is 5.41 Å². The Kier molecular flexibility index (Phi) is 6.30. The standard InChI is InChI=1S/C13H20N2O4/c1-2-19-11(16)4-3-7-15-12(17)13(10-14)5-8-18-9-6-13/h2-9H2,1H3,(H,15,17). The molecule has 1 amide bonds. The number of amides is 1. The molecule has 1 saturated heterocycles. The van der Waals surface area contributed by atoms with E-state index in [-0.39, 0.29) is 18.3 Å². The molecule has 0 bridgehead atoms. The Bertz CT molecular complexity index is 356. The van der Waals surface area contributed by atoms with Gasteiger partial charge in [-0.25, -0.2) is 0 Å². The van der Waals surface area contributed by atoms with Crippen molar-refractivity contribution in [2.75, 3.05) is 26.4 Å². The molecule has 0 spiro atoms. The van der Waals surface area contributed by atoms with Crippen molar-refractivity contribution < 1.29 is 19.1 Å². The number of carbonyl (C=O) groups excluding carboxylic acids is 2. The normalized spacial score (nSPS) is 17.3. The molecule has 0 atom stereocenters. The van der Waals surface area contributed by atoms with Crippen molar-refractivity contribution in [1.29, 1.82) is 5.26 Å². The van der Waals surface area contributed by atoms with Crippen molar-refractivity contribution in [1.82, 2.24) is 5.32 Å². The second-order valence-corrected chi connectivity index (χ2v) is 4.47. The zero-order valence-electron chi connectivity index (χ0n) is 11.2. The van der Waals surface area contributed by atoms with E-state index >= 15 is 0 Å². The van der Waals surface area contributed by atoms with Gasteiger partial charge in [-0.05, 0) is 26.2 Å². The molecule has 6 heteroatoms. The van der Waals surface area contributed by atoms with Crippen LogP contribution in [0.4, 0.5) is 0 Å². The highest BCUT2D eigenvalue weighted by molar-refractivity contribution is 5.85. The molecule has 1 aliphatic rings. The van der Waals surface area contributed by atoms with Gasteiger partial charge in [0, 0.05) is 26.2 Å². The van der Waals surface area contributed by atoms with Gasteiger partial charge in [-0.2, -0.15) is 5.26 Å². The summed E-state index contributed by atoms with van der Waals surface area (Å²) >= 11 is 0. The van der Waals surface area contributed by atoms with Crippen molar-refractivity contribution in [3.63, 3.8) is 0 Å². The second-order valence-electron chi connectivity index (χ2n) is 4.47. The highest BCUT2D eigenvalue weighted by atomic mass is 16.5. The third-order valence-electron chi connectivity index (χ3n) is 3.14. The van der Waals surface area contributed by atoms with E-state index in [9.17, 15) is 14.9 Å². The van der Waals surface area contributed by atoms with E-state index in [1.54, 1.807) is 6.92 Å². The first-order valence-corrected chi connectivity index (χ1v) is 6.57. The summed E-state index contributed by atoms with van der Waals surface area (Å²) in [5.74, 6) is -0.528. The lowest BCUT2D eigenvalue weighted by Crippen LogP contribution is -2.44. The van der Waals surface area contributed by atoms with E-state index in [0.29, 0.717) is 45.6 Å². The molecule has 6 nitrogen and oxygen atoms in total. The van der Waals surface area contributed by atoms with Crippen LogP contribution in [0.5, 0.6) is 0 Å². The number of nitrogens with zero attached hydrogens (tertiary/aromatic N) is 1. The molecule has 0 radical (unpaired) electrons. The molecule has 0 aromatic heterocycles. The Morgan fingerprint density at radius 3 is 2.68 bits per heavy atom. The van der Waals surface area contributed by atoms with Crippen LogP contribution in [0.1, 0.15) is 32.6 Å². The van der Waals surface area contributed by atoms with Gasteiger partial charge in [0.05, 0.1) is 12.7 Å². The number of nitriles is 1. The lowest BCUT2D eigenvalue weighted by atomic mass is 9.81. The smallest absolute Gasteiger partial charge is 0.305 e. The van der Waals surface area contributed by atoms with Crippen LogP contribution >= 0.6 is 0 Å². The summed E-state index contributed by atoms with van der Waals surface area (Å²) in [5.41, 5.74) is -0.970. The molecule has 106 valence electrons. The Morgan fingerprint density at radius 2 is 2.11 bits per heavy atom. The summed E-state index contributed by atoms with van der Waals surface area (Å²) in [6, 6.07) is 2.10. The van der Waals surface area contributed by atoms with Gasteiger partial charge in [0.1, 0.15) is 5.41 Å². The molecular formula is C13H20N2O4. The van der Waals surface area contributed by atoms with Crippen molar-refractivity contribution in [2.24, 2.45) is 5.41 Å². The van der Waals surface area contributed by atoms with E-state index in [4.69, 9.17) is 9.47 Å². The summed E-state index contributed by atoms with van der Waals surface area (Å²) < 4.78 is 9.95. The zero-order chi connectivity index (χ0) is 14.1. The van der Waals surface area contributed by atoms with Crippen molar-refractivity contribution in [2.45, 2.75) is 32.6 Å². The van der Waals surface area contributed by atoms with Crippen LogP contribution in [0.3, 0.4) is 0 Å². The molecule has 0 aromatic carbocycles. The maximum absolute atomic E-state index is 12.0. The van der Waals surface area contributed by atoms with Gasteiger partial charge in [-0.3, -0.25) is 9.59 Å². The van der Waals surface area contributed by atoms with Crippen LogP contribution in [0.2, 0.25) is 0 Å². The predicted molar refractivity (Wildman–Crippen MR) is 67.0 cm³/mol. The average molecular weight is 268 g/mol. The fraction of sp³-hybridized carbons (Fsp3) is 0.769. The number of ether oxygens (including phenoxy) is 2. The summed E-state index contributed by atoms with van der Waals surface area (Å²) in [5, 5.41) is 11.9. The van der Waals surface area contributed by atoms with Crippen LogP contribution in [0.25, 0.3) is 0 Å². The predicted octanol–water partition coefficient (Wildman–Crippen LogP) is 0.766. The molecule has 1 N–H and O–H groups in total. The van der Waals surface area contributed by atoms with E-state index in [1.165, 1.54) is 0 Å². The van der Waals surface area contributed by atoms with Crippen molar-refractivity contribution in [3.05, 3.63) is 0 Å². The molecule has 1 fully saturated rings. The number of nitrogens with one attached hydrogen (secondary N) is 1. The average Bonchev–Trinajstić information content (AvgIpc) is 2.44. The Morgan fingerprint density at radius 1 is 1.42 bits per heavy atom. The van der Waals surface area contributed by atoms with Gasteiger partial charge in [0.2, 0.25) is 5.91 Å². The van der Waals surface area contributed by atoms with Crippen LogP contribution in [-0.2, 0) is 19.1 Å². The van der Waals surface area contributed by atoms with E-state index in [2.05, 4.69) is 11.4 Å². The topological polar surface area (TPSA) is 88.4 Å². The maximum atomic E-state index is 12.0. The van der Waals surface area contributed by atoms with Gasteiger partial charge < -0.3 is 14.8 Å². The van der Waals surface area contributed by atoms with Gasteiger partial charge in [0.15, 0.2) is 0 Å². The van der Waals surface area contributed by atoms with Crippen molar-refractivity contribution >= 4 is 11.9 Å². The third-order valence-corrected chi connectivity index (χ3v) is 3.14. The minimum atomic E-state index is -0.970. The van der Waals surface area contributed by atoms with Gasteiger partial charge in [-0.1, -0.05) is 0 Å². The van der Waals surface area contributed by atoms with E-state index in [1.807, 2.05) is 0 Å². The second kappa shape index (κ2) is 7.74. The quantitative estimate of drug-likeness (QED) is 0.567. The molecule has 1 rings (SSSR count). The first-order valence-electron chi connectivity index (χ1n) is 6.57. The lowest BCUT2D eigenvalue weighted by molar-refractivity contribution is -0.143. The molecule has 1 heterocycles. The fourth-order valence-corrected chi connectivity index (χ4v) is 1.95. The first-order chi connectivity index (χ1) is 9.14. The highest BCUT2D eigenvalue weighted by Crippen LogP contribution is 2.29. The monoisotopic (exact) mass is 268 g/mol. The van der Waals surface area contributed by atoms with Gasteiger partial charge in [-0.15, -0.1) is 0 Å². The molecular weight excluding hydrogens is 248 g/mol. The number of hydrogen-bond donors (Lipinski definition) is 1. The van der Waals surface area contributed by atoms with Crippen LogP contribution < -0.4 is 5.32 Å². The summed E-state index contributed by atoms with van der Waals surface area (Å²) in [7, 11) is 0. The first kappa shape index (κ1) is 15.4. The Hall–Kier alpha value is -1.61. The van der Waals surface area contributed by atoms with E-state index in [0.717, 1.165) is 0 Å². The molecule has 0 saturated carbocycles. The summed E-state index contributed by atoms with van der Waals surface area (Å²) in [6.07, 6.45) is 1.64. The fourth-order valence-electron chi connectivity index (χ4n) is 1.95. The largest absolute Gasteiger partial charge is 0.466 e. The van der Waals surface area contributed by atoms with Gasteiger partial charge in [0.25, 0.3) is 0 Å². The number of hydrogen-bond acceptors (Lipinski definition) is 5. The minimum Gasteiger partial charge on any atom is -0.466 e. The number of rotatable bonds is 6. The zero-order valence-corrected chi connectivity index (χ0v) is 11.2. The summed E-state index contributed by atoms with van der Waals surface area (Å²) in [4.78, 5) is 23.1. The van der Waals surface area contributed by atoms with Gasteiger partial charge >= 0.3 is 5.97 Å². The molecule has 19 heavy (non-hydrogen) atoms. The SMILES string of the molecule is CCOC(=O)CCCNC(=O)C1(C#N)CCOCC1. The number of esters is 1. The lowest BCUT2D eigenvalue weighted by Gasteiger charge is -2.29. The molecule has 0 aromatic rings. The third kappa shape index (κ3) is 4.52. The highest BCUT2D eigenvalue weighted by Gasteiger charge is 2.40. The Labute approximate surface area is 113 Å². The number of carbonyl (C=O) groups is 2. The van der Waals surface area contributed by atoms with Crippen LogP contribution in [0.15, 0.2) is 0 Å². The molecule has 0 unspecified atom stereocenters. The molecule has 1 aliphatic heterocycles.